The van der Waals surface area contributed by atoms with Crippen LogP contribution in [0.5, 0.6) is 0 Å². The largest absolute Gasteiger partial charge is 0.383 e. The van der Waals surface area contributed by atoms with Crippen LogP contribution in [-0.4, -0.2) is 19.7 Å². The van der Waals surface area contributed by atoms with E-state index in [0.29, 0.717) is 12.4 Å². The maximum Gasteiger partial charge on any atom is 0.133 e. The van der Waals surface area contributed by atoms with E-state index in [1.54, 1.807) is 18.7 Å². The van der Waals surface area contributed by atoms with Crippen LogP contribution in [-0.2, 0) is 6.54 Å². The van der Waals surface area contributed by atoms with Crippen molar-refractivity contribution < 1.29 is 4.52 Å². The van der Waals surface area contributed by atoms with Crippen LogP contribution in [0.4, 0.5) is 5.82 Å². The second kappa shape index (κ2) is 4.56. The van der Waals surface area contributed by atoms with Crippen LogP contribution in [0.2, 0.25) is 0 Å². The van der Waals surface area contributed by atoms with Crippen molar-refractivity contribution in [3.8, 4) is 11.3 Å². The standard InChI is InChI=1S/C13H13N5O/c1-9-5-10(17-19-9)7-18-8-15-6-12(18)11-3-2-4-16-13(11)14/h2-6,8H,7H2,1H3,(H2,14,16). The van der Waals surface area contributed by atoms with Crippen LogP contribution in [0.3, 0.4) is 0 Å². The van der Waals surface area contributed by atoms with Gasteiger partial charge in [0, 0.05) is 17.8 Å². The van der Waals surface area contributed by atoms with E-state index in [9.17, 15) is 0 Å². The van der Waals surface area contributed by atoms with E-state index in [0.717, 1.165) is 22.7 Å². The summed E-state index contributed by atoms with van der Waals surface area (Å²) in [5, 5.41) is 3.98. The highest BCUT2D eigenvalue weighted by Crippen LogP contribution is 2.23. The van der Waals surface area contributed by atoms with Gasteiger partial charge in [-0.25, -0.2) is 9.97 Å². The smallest absolute Gasteiger partial charge is 0.133 e. The first-order valence-corrected chi connectivity index (χ1v) is 5.87. The van der Waals surface area contributed by atoms with Gasteiger partial charge in [-0.05, 0) is 19.1 Å². The number of hydrogen-bond donors (Lipinski definition) is 1. The molecule has 0 amide bonds. The SMILES string of the molecule is Cc1cc(Cn2cncc2-c2cccnc2N)no1. The number of nitrogens with zero attached hydrogens (tertiary/aromatic N) is 4. The molecule has 0 aromatic carbocycles. The van der Waals surface area contributed by atoms with Gasteiger partial charge in [0.2, 0.25) is 0 Å². The number of pyridine rings is 1. The van der Waals surface area contributed by atoms with Crippen molar-refractivity contribution >= 4 is 5.82 Å². The quantitative estimate of drug-likeness (QED) is 0.772. The van der Waals surface area contributed by atoms with Crippen molar-refractivity contribution in [1.82, 2.24) is 19.7 Å². The molecular weight excluding hydrogens is 242 g/mol. The molecule has 0 unspecified atom stereocenters. The molecule has 0 atom stereocenters. The number of nitrogen functional groups attached to an aromatic ring is 1. The maximum absolute atomic E-state index is 5.89. The van der Waals surface area contributed by atoms with Crippen LogP contribution < -0.4 is 5.73 Å². The molecule has 0 fully saturated rings. The summed E-state index contributed by atoms with van der Waals surface area (Å²) in [6.45, 7) is 2.45. The van der Waals surface area contributed by atoms with Crippen molar-refractivity contribution in [3.05, 3.63) is 48.4 Å². The molecule has 0 spiro atoms. The Kier molecular flexibility index (Phi) is 2.75. The Labute approximate surface area is 109 Å². The summed E-state index contributed by atoms with van der Waals surface area (Å²) in [5.74, 6) is 1.28. The lowest BCUT2D eigenvalue weighted by Crippen LogP contribution is -2.02. The Morgan fingerprint density at radius 2 is 2.32 bits per heavy atom. The third-order valence-corrected chi connectivity index (χ3v) is 2.84. The van der Waals surface area contributed by atoms with E-state index in [-0.39, 0.29) is 0 Å². The fraction of sp³-hybridized carbons (Fsp3) is 0.154. The van der Waals surface area contributed by atoms with Gasteiger partial charge in [0.15, 0.2) is 0 Å². The molecule has 0 aliphatic rings. The summed E-state index contributed by atoms with van der Waals surface area (Å²) >= 11 is 0. The van der Waals surface area contributed by atoms with E-state index >= 15 is 0 Å². The van der Waals surface area contributed by atoms with Gasteiger partial charge in [0.25, 0.3) is 0 Å². The molecule has 0 aliphatic carbocycles. The van der Waals surface area contributed by atoms with Gasteiger partial charge in [-0.15, -0.1) is 0 Å². The minimum atomic E-state index is 0.487. The molecule has 3 aromatic rings. The van der Waals surface area contributed by atoms with E-state index in [1.807, 2.05) is 29.7 Å². The summed E-state index contributed by atoms with van der Waals surface area (Å²) < 4.78 is 7.02. The first-order chi connectivity index (χ1) is 9.24. The molecule has 0 radical (unpaired) electrons. The summed E-state index contributed by atoms with van der Waals surface area (Å²) in [5.41, 5.74) is 8.51. The number of imidazole rings is 1. The lowest BCUT2D eigenvalue weighted by molar-refractivity contribution is 0.389. The zero-order chi connectivity index (χ0) is 13.2. The molecule has 96 valence electrons. The first-order valence-electron chi connectivity index (χ1n) is 5.87. The summed E-state index contributed by atoms with van der Waals surface area (Å²) in [6, 6.07) is 5.67. The summed E-state index contributed by atoms with van der Waals surface area (Å²) in [6.07, 6.45) is 5.17. The van der Waals surface area contributed by atoms with Gasteiger partial charge < -0.3 is 14.8 Å². The van der Waals surface area contributed by atoms with Gasteiger partial charge in [-0.2, -0.15) is 0 Å². The highest BCUT2D eigenvalue weighted by atomic mass is 16.5. The lowest BCUT2D eigenvalue weighted by atomic mass is 10.2. The molecular formula is C13H13N5O. The number of aryl methyl sites for hydroxylation is 1. The van der Waals surface area contributed by atoms with Crippen molar-refractivity contribution in [2.24, 2.45) is 0 Å². The maximum atomic E-state index is 5.89. The Morgan fingerprint density at radius 1 is 1.42 bits per heavy atom. The molecule has 0 saturated carbocycles. The summed E-state index contributed by atoms with van der Waals surface area (Å²) in [7, 11) is 0. The first kappa shape index (κ1) is 11.5. The molecule has 3 aromatic heterocycles. The third-order valence-electron chi connectivity index (χ3n) is 2.84. The van der Waals surface area contributed by atoms with E-state index in [4.69, 9.17) is 10.3 Å². The lowest BCUT2D eigenvalue weighted by Gasteiger charge is -2.07. The Balaban J connectivity index is 1.97. The van der Waals surface area contributed by atoms with Crippen LogP contribution in [0, 0.1) is 6.92 Å². The molecule has 3 rings (SSSR count). The highest BCUT2D eigenvalue weighted by Gasteiger charge is 2.10. The second-order valence-electron chi connectivity index (χ2n) is 4.27. The van der Waals surface area contributed by atoms with Crippen LogP contribution in [0.15, 0.2) is 41.4 Å². The Bertz CT molecular complexity index is 700. The normalized spacial score (nSPS) is 10.8. The molecule has 0 saturated heterocycles. The van der Waals surface area contributed by atoms with E-state index in [1.165, 1.54) is 0 Å². The number of hydrogen-bond acceptors (Lipinski definition) is 5. The molecule has 19 heavy (non-hydrogen) atoms. The third kappa shape index (κ3) is 2.20. The molecule has 0 aliphatic heterocycles. The molecule has 3 heterocycles. The van der Waals surface area contributed by atoms with Gasteiger partial charge in [0.1, 0.15) is 17.3 Å². The van der Waals surface area contributed by atoms with Crippen molar-refractivity contribution in [2.45, 2.75) is 13.5 Å². The van der Waals surface area contributed by atoms with Crippen molar-refractivity contribution in [2.75, 3.05) is 5.73 Å². The number of anilines is 1. The average molecular weight is 255 g/mol. The zero-order valence-corrected chi connectivity index (χ0v) is 10.4. The van der Waals surface area contributed by atoms with Crippen molar-refractivity contribution in [1.29, 1.82) is 0 Å². The van der Waals surface area contributed by atoms with Crippen LogP contribution >= 0.6 is 0 Å². The van der Waals surface area contributed by atoms with Gasteiger partial charge in [0.05, 0.1) is 24.8 Å². The highest BCUT2D eigenvalue weighted by molar-refractivity contribution is 5.70. The second-order valence-corrected chi connectivity index (χ2v) is 4.27. The fourth-order valence-electron chi connectivity index (χ4n) is 1.97. The average Bonchev–Trinajstić information content (AvgIpc) is 3.00. The predicted octanol–water partition coefficient (Wildman–Crippen LogP) is 1.87. The molecule has 6 nitrogen and oxygen atoms in total. The van der Waals surface area contributed by atoms with Gasteiger partial charge in [-0.1, -0.05) is 5.16 Å². The monoisotopic (exact) mass is 255 g/mol. The molecule has 0 bridgehead atoms. The summed E-state index contributed by atoms with van der Waals surface area (Å²) in [4.78, 5) is 8.25. The van der Waals surface area contributed by atoms with Crippen LogP contribution in [0.25, 0.3) is 11.3 Å². The fourth-order valence-corrected chi connectivity index (χ4v) is 1.97. The Morgan fingerprint density at radius 3 is 3.05 bits per heavy atom. The van der Waals surface area contributed by atoms with Gasteiger partial charge in [-0.3, -0.25) is 0 Å². The van der Waals surface area contributed by atoms with Crippen LogP contribution in [0.1, 0.15) is 11.5 Å². The van der Waals surface area contributed by atoms with E-state index < -0.39 is 0 Å². The molecule has 2 N–H and O–H groups in total. The number of aromatic nitrogens is 4. The van der Waals surface area contributed by atoms with E-state index in [2.05, 4.69) is 15.1 Å². The minimum Gasteiger partial charge on any atom is -0.383 e. The number of nitrogens with two attached hydrogens (primary N) is 1. The minimum absolute atomic E-state index is 0.487. The number of rotatable bonds is 3. The predicted molar refractivity (Wildman–Crippen MR) is 70.2 cm³/mol. The molecule has 6 heteroatoms. The Hall–Kier alpha value is -2.63. The topological polar surface area (TPSA) is 82.8 Å². The van der Waals surface area contributed by atoms with Gasteiger partial charge >= 0.3 is 0 Å². The zero-order valence-electron chi connectivity index (χ0n) is 10.4. The van der Waals surface area contributed by atoms with Crippen molar-refractivity contribution in [3.63, 3.8) is 0 Å².